The molecule has 6 nitrogen and oxygen atoms in total. The Morgan fingerprint density at radius 3 is 2.52 bits per heavy atom. The van der Waals surface area contributed by atoms with Gasteiger partial charge in [-0.15, -0.1) is 0 Å². The van der Waals surface area contributed by atoms with E-state index in [-0.39, 0.29) is 24.2 Å². The first-order chi connectivity index (χ1) is 14.8. The van der Waals surface area contributed by atoms with Crippen LogP contribution >= 0.6 is 11.6 Å². The number of benzene rings is 2. The number of anilines is 1. The van der Waals surface area contributed by atoms with E-state index in [1.807, 2.05) is 0 Å². The van der Waals surface area contributed by atoms with Crippen molar-refractivity contribution in [3.05, 3.63) is 64.5 Å². The van der Waals surface area contributed by atoms with Crippen LogP contribution in [0.2, 0.25) is 5.02 Å². The van der Waals surface area contributed by atoms with Crippen LogP contribution < -0.4 is 5.32 Å². The van der Waals surface area contributed by atoms with Gasteiger partial charge in [0.2, 0.25) is 11.7 Å². The molecule has 1 fully saturated rings. The smallest absolute Gasteiger partial charge is 0.375 e. The standard InChI is InChI=1S/C21H18ClF3N4O2/c22-15-7-8-16(20(30)29-9-1-2-10-29)17(11-15)26-12-18-27-19(28-31-18)13-3-5-14(6-4-13)21(23,24)25/h3-8,11,26H,1-2,9-10,12H2. The van der Waals surface area contributed by atoms with Crippen molar-refractivity contribution in [1.82, 2.24) is 15.0 Å². The van der Waals surface area contributed by atoms with Gasteiger partial charge in [-0.2, -0.15) is 18.2 Å². The molecule has 1 saturated heterocycles. The van der Waals surface area contributed by atoms with Crippen LogP contribution in [-0.2, 0) is 12.7 Å². The normalized spacial score (nSPS) is 14.1. The molecule has 0 saturated carbocycles. The van der Waals surface area contributed by atoms with E-state index in [0.29, 0.717) is 21.8 Å². The Labute approximate surface area is 181 Å². The molecule has 0 bridgehead atoms. The molecule has 2 aromatic carbocycles. The van der Waals surface area contributed by atoms with Gasteiger partial charge in [0.25, 0.3) is 5.91 Å². The van der Waals surface area contributed by atoms with Gasteiger partial charge in [-0.25, -0.2) is 0 Å². The van der Waals surface area contributed by atoms with Gasteiger partial charge >= 0.3 is 6.18 Å². The Balaban J connectivity index is 1.47. The molecule has 2 heterocycles. The second-order valence-electron chi connectivity index (χ2n) is 7.13. The average molecular weight is 451 g/mol. The number of nitrogens with zero attached hydrogens (tertiary/aromatic N) is 3. The maximum Gasteiger partial charge on any atom is 0.416 e. The summed E-state index contributed by atoms with van der Waals surface area (Å²) in [4.78, 5) is 18.8. The predicted octanol–water partition coefficient (Wildman–Crippen LogP) is 5.26. The minimum absolute atomic E-state index is 0.0763. The minimum Gasteiger partial charge on any atom is -0.375 e. The van der Waals surface area contributed by atoms with Gasteiger partial charge in [0.15, 0.2) is 0 Å². The topological polar surface area (TPSA) is 71.3 Å². The van der Waals surface area contributed by atoms with E-state index in [9.17, 15) is 18.0 Å². The first kappa shape index (κ1) is 21.2. The van der Waals surface area contributed by atoms with E-state index >= 15 is 0 Å². The van der Waals surface area contributed by atoms with Crippen molar-refractivity contribution in [3.8, 4) is 11.4 Å². The molecular formula is C21H18ClF3N4O2. The summed E-state index contributed by atoms with van der Waals surface area (Å²) in [6, 6.07) is 9.48. The number of carbonyl (C=O) groups is 1. The summed E-state index contributed by atoms with van der Waals surface area (Å²) in [7, 11) is 0. The van der Waals surface area contributed by atoms with Gasteiger partial charge < -0.3 is 14.7 Å². The third-order valence-corrected chi connectivity index (χ3v) is 5.21. The predicted molar refractivity (Wildman–Crippen MR) is 109 cm³/mol. The van der Waals surface area contributed by atoms with Crippen LogP contribution in [0.15, 0.2) is 47.0 Å². The number of hydrogen-bond acceptors (Lipinski definition) is 5. The van der Waals surface area contributed by atoms with E-state index in [2.05, 4.69) is 15.5 Å². The number of alkyl halides is 3. The summed E-state index contributed by atoms with van der Waals surface area (Å²) >= 11 is 6.10. The molecule has 10 heteroatoms. The van der Waals surface area contributed by atoms with Crippen molar-refractivity contribution in [1.29, 1.82) is 0 Å². The number of halogens is 4. The maximum absolute atomic E-state index is 12.8. The van der Waals surface area contributed by atoms with Gasteiger partial charge in [-0.05, 0) is 43.2 Å². The van der Waals surface area contributed by atoms with Gasteiger partial charge in [0, 0.05) is 29.4 Å². The summed E-state index contributed by atoms with van der Waals surface area (Å²) in [5.41, 5.74) is 0.681. The Morgan fingerprint density at radius 2 is 1.84 bits per heavy atom. The number of carbonyl (C=O) groups excluding carboxylic acids is 1. The van der Waals surface area contributed by atoms with Crippen molar-refractivity contribution in [2.75, 3.05) is 18.4 Å². The molecule has 31 heavy (non-hydrogen) atoms. The molecule has 0 aliphatic carbocycles. The molecule has 162 valence electrons. The van der Waals surface area contributed by atoms with Crippen LogP contribution in [0.25, 0.3) is 11.4 Å². The van der Waals surface area contributed by atoms with Crippen LogP contribution in [0.3, 0.4) is 0 Å². The molecule has 1 amide bonds. The Bertz CT molecular complexity index is 1080. The lowest BCUT2D eigenvalue weighted by Crippen LogP contribution is -2.28. The van der Waals surface area contributed by atoms with E-state index in [4.69, 9.17) is 16.1 Å². The lowest BCUT2D eigenvalue weighted by atomic mass is 10.1. The quantitative estimate of drug-likeness (QED) is 0.574. The van der Waals surface area contributed by atoms with Gasteiger partial charge in [0.05, 0.1) is 17.7 Å². The summed E-state index contributed by atoms with van der Waals surface area (Å²) in [6.45, 7) is 1.57. The number of likely N-dealkylation sites (tertiary alicyclic amines) is 1. The fraction of sp³-hybridized carbons (Fsp3) is 0.286. The average Bonchev–Trinajstić information content (AvgIpc) is 3.44. The third-order valence-electron chi connectivity index (χ3n) is 4.97. The lowest BCUT2D eigenvalue weighted by molar-refractivity contribution is -0.137. The monoisotopic (exact) mass is 450 g/mol. The highest BCUT2D eigenvalue weighted by molar-refractivity contribution is 6.31. The first-order valence-corrected chi connectivity index (χ1v) is 10.0. The summed E-state index contributed by atoms with van der Waals surface area (Å²) < 4.78 is 43.3. The molecule has 0 spiro atoms. The van der Waals surface area contributed by atoms with E-state index < -0.39 is 11.7 Å². The largest absolute Gasteiger partial charge is 0.416 e. The van der Waals surface area contributed by atoms with Crippen LogP contribution in [0.1, 0.15) is 34.7 Å². The number of amides is 1. The number of nitrogens with one attached hydrogen (secondary N) is 1. The molecule has 0 atom stereocenters. The van der Waals surface area contributed by atoms with E-state index in [1.54, 1.807) is 23.1 Å². The molecule has 1 aliphatic heterocycles. The molecule has 0 radical (unpaired) electrons. The molecule has 1 aliphatic rings. The van der Waals surface area contributed by atoms with Crippen molar-refractivity contribution in [2.45, 2.75) is 25.6 Å². The highest BCUT2D eigenvalue weighted by Crippen LogP contribution is 2.30. The Kier molecular flexibility index (Phi) is 5.86. The summed E-state index contributed by atoms with van der Waals surface area (Å²) in [5, 5.41) is 7.38. The zero-order chi connectivity index (χ0) is 22.0. The molecular weight excluding hydrogens is 433 g/mol. The third kappa shape index (κ3) is 4.82. The van der Waals surface area contributed by atoms with Gasteiger partial charge in [-0.3, -0.25) is 4.79 Å². The second-order valence-corrected chi connectivity index (χ2v) is 7.57. The zero-order valence-corrected chi connectivity index (χ0v) is 17.0. The summed E-state index contributed by atoms with van der Waals surface area (Å²) in [5.74, 6) is 0.312. The van der Waals surface area contributed by atoms with Crippen LogP contribution in [0.5, 0.6) is 0 Å². The van der Waals surface area contributed by atoms with E-state index in [1.165, 1.54) is 12.1 Å². The fourth-order valence-electron chi connectivity index (χ4n) is 3.36. The minimum atomic E-state index is -4.41. The number of aromatic nitrogens is 2. The Hall–Kier alpha value is -3.07. The number of hydrogen-bond donors (Lipinski definition) is 1. The van der Waals surface area contributed by atoms with Crippen molar-refractivity contribution >= 4 is 23.2 Å². The molecule has 0 unspecified atom stereocenters. The molecule has 1 N–H and O–H groups in total. The SMILES string of the molecule is O=C(c1ccc(Cl)cc1NCc1nc(-c2ccc(C(F)(F)F)cc2)no1)N1CCCC1. The number of rotatable bonds is 5. The van der Waals surface area contributed by atoms with Crippen molar-refractivity contribution in [3.63, 3.8) is 0 Å². The molecule has 4 rings (SSSR count). The fourth-order valence-corrected chi connectivity index (χ4v) is 3.53. The van der Waals surface area contributed by atoms with Crippen LogP contribution in [0.4, 0.5) is 18.9 Å². The van der Waals surface area contributed by atoms with Crippen LogP contribution in [0, 0.1) is 0 Å². The molecule has 3 aromatic rings. The highest BCUT2D eigenvalue weighted by Gasteiger charge is 2.30. The van der Waals surface area contributed by atoms with Gasteiger partial charge in [0.1, 0.15) is 0 Å². The van der Waals surface area contributed by atoms with Crippen molar-refractivity contribution < 1.29 is 22.5 Å². The van der Waals surface area contributed by atoms with E-state index in [0.717, 1.165) is 38.1 Å². The first-order valence-electron chi connectivity index (χ1n) is 9.64. The molecule has 1 aromatic heterocycles. The van der Waals surface area contributed by atoms with Gasteiger partial charge in [-0.1, -0.05) is 28.9 Å². The second kappa shape index (κ2) is 8.58. The summed E-state index contributed by atoms with van der Waals surface area (Å²) in [6.07, 6.45) is -2.44. The van der Waals surface area contributed by atoms with Crippen LogP contribution in [-0.4, -0.2) is 34.0 Å². The maximum atomic E-state index is 12.8. The Morgan fingerprint density at radius 1 is 1.13 bits per heavy atom. The van der Waals surface area contributed by atoms with Crippen molar-refractivity contribution in [2.24, 2.45) is 0 Å². The zero-order valence-electron chi connectivity index (χ0n) is 16.2. The lowest BCUT2D eigenvalue weighted by Gasteiger charge is -2.18. The highest BCUT2D eigenvalue weighted by atomic mass is 35.5.